The maximum atomic E-state index is 12.3. The van der Waals surface area contributed by atoms with E-state index >= 15 is 0 Å². The van der Waals surface area contributed by atoms with Gasteiger partial charge in [0.15, 0.2) is 0 Å². The molecule has 2 heterocycles. The number of halogens is 4. The first-order valence-corrected chi connectivity index (χ1v) is 6.90. The Morgan fingerprint density at radius 3 is 2.80 bits per heavy atom. The lowest BCUT2D eigenvalue weighted by Crippen LogP contribution is -2.44. The number of alkyl halides is 3. The van der Waals surface area contributed by atoms with Crippen molar-refractivity contribution in [1.82, 2.24) is 9.78 Å². The quantitative estimate of drug-likeness (QED) is 0.873. The van der Waals surface area contributed by atoms with E-state index in [0.717, 1.165) is 12.8 Å². The number of nitrogens with two attached hydrogens (primary N) is 1. The highest BCUT2D eigenvalue weighted by Gasteiger charge is 2.30. The summed E-state index contributed by atoms with van der Waals surface area (Å²) >= 11 is 3.07. The topological polar surface area (TPSA) is 64.2 Å². The fourth-order valence-corrected chi connectivity index (χ4v) is 2.75. The summed E-state index contributed by atoms with van der Waals surface area (Å²) < 4.78 is 37.4. The standard InChI is InChI=1S/C11H14BrF3N4O/c12-9-8(18-3-1-2-7(16)5-18)4-17-19(10(9)20)6-11(13,14)15/h4,7H,1-3,5-6,16H2/t7-/m1/s1. The smallest absolute Gasteiger partial charge is 0.368 e. The summed E-state index contributed by atoms with van der Waals surface area (Å²) in [7, 11) is 0. The molecule has 2 rings (SSSR count). The van der Waals surface area contributed by atoms with E-state index in [-0.39, 0.29) is 10.5 Å². The lowest BCUT2D eigenvalue weighted by atomic mass is 10.1. The van der Waals surface area contributed by atoms with Gasteiger partial charge < -0.3 is 10.6 Å². The van der Waals surface area contributed by atoms with Gasteiger partial charge >= 0.3 is 6.18 Å². The van der Waals surface area contributed by atoms with Crippen LogP contribution in [0.15, 0.2) is 15.5 Å². The van der Waals surface area contributed by atoms with Crippen molar-refractivity contribution in [2.75, 3.05) is 18.0 Å². The number of aromatic nitrogens is 2. The van der Waals surface area contributed by atoms with Crippen LogP contribution in [0.2, 0.25) is 0 Å². The van der Waals surface area contributed by atoms with Crippen LogP contribution in [0.1, 0.15) is 12.8 Å². The summed E-state index contributed by atoms with van der Waals surface area (Å²) in [5.74, 6) is 0. The normalized spacial score (nSPS) is 20.2. The SMILES string of the molecule is N[C@@H]1CCCN(c2cnn(CC(F)(F)F)c(=O)c2Br)C1. The molecule has 1 aliphatic heterocycles. The van der Waals surface area contributed by atoms with Gasteiger partial charge in [0.25, 0.3) is 5.56 Å². The Bertz CT molecular complexity index is 545. The van der Waals surface area contributed by atoms with Crippen molar-refractivity contribution in [1.29, 1.82) is 0 Å². The first kappa shape index (κ1) is 15.3. The Morgan fingerprint density at radius 1 is 1.50 bits per heavy atom. The summed E-state index contributed by atoms with van der Waals surface area (Å²) in [6, 6.07) is -0.00624. The third-order valence-corrected chi connectivity index (χ3v) is 3.84. The van der Waals surface area contributed by atoms with Crippen LogP contribution in [0.4, 0.5) is 18.9 Å². The average Bonchev–Trinajstić information content (AvgIpc) is 2.34. The van der Waals surface area contributed by atoms with E-state index in [0.29, 0.717) is 23.5 Å². The Labute approximate surface area is 121 Å². The highest BCUT2D eigenvalue weighted by molar-refractivity contribution is 9.10. The summed E-state index contributed by atoms with van der Waals surface area (Å²) in [5.41, 5.74) is 5.55. The van der Waals surface area contributed by atoms with Crippen LogP contribution in [0.3, 0.4) is 0 Å². The number of hydrogen-bond acceptors (Lipinski definition) is 4. The summed E-state index contributed by atoms with van der Waals surface area (Å²) in [6.07, 6.45) is -1.44. The van der Waals surface area contributed by atoms with E-state index in [1.54, 1.807) is 0 Å². The van der Waals surface area contributed by atoms with Crippen LogP contribution in [0.5, 0.6) is 0 Å². The lowest BCUT2D eigenvalue weighted by molar-refractivity contribution is -0.143. The zero-order chi connectivity index (χ0) is 14.9. The molecule has 1 saturated heterocycles. The monoisotopic (exact) mass is 354 g/mol. The maximum Gasteiger partial charge on any atom is 0.408 e. The highest BCUT2D eigenvalue weighted by atomic mass is 79.9. The van der Waals surface area contributed by atoms with Gasteiger partial charge in [0.1, 0.15) is 11.0 Å². The zero-order valence-corrected chi connectivity index (χ0v) is 12.1. The summed E-state index contributed by atoms with van der Waals surface area (Å²) in [6.45, 7) is -0.135. The van der Waals surface area contributed by atoms with Crippen molar-refractivity contribution in [3.05, 3.63) is 21.0 Å². The van der Waals surface area contributed by atoms with Crippen LogP contribution in [-0.2, 0) is 6.54 Å². The molecule has 0 aliphatic carbocycles. The predicted octanol–water partition coefficient (Wildman–Crippen LogP) is 1.50. The van der Waals surface area contributed by atoms with Crippen molar-refractivity contribution in [3.63, 3.8) is 0 Å². The van der Waals surface area contributed by atoms with Gasteiger partial charge in [-0.1, -0.05) is 0 Å². The first-order chi connectivity index (χ1) is 9.28. The largest absolute Gasteiger partial charge is 0.408 e. The molecule has 0 saturated carbocycles. The van der Waals surface area contributed by atoms with Crippen LogP contribution in [0, 0.1) is 0 Å². The molecule has 2 N–H and O–H groups in total. The number of nitrogens with zero attached hydrogens (tertiary/aromatic N) is 3. The molecule has 112 valence electrons. The molecule has 0 radical (unpaired) electrons. The fourth-order valence-electron chi connectivity index (χ4n) is 2.19. The lowest BCUT2D eigenvalue weighted by Gasteiger charge is -2.32. The van der Waals surface area contributed by atoms with Crippen molar-refractivity contribution < 1.29 is 13.2 Å². The maximum absolute atomic E-state index is 12.3. The molecule has 20 heavy (non-hydrogen) atoms. The molecule has 0 bridgehead atoms. The number of anilines is 1. The molecule has 0 aromatic carbocycles. The first-order valence-electron chi connectivity index (χ1n) is 6.11. The molecule has 1 aliphatic rings. The Hall–Kier alpha value is -1.09. The third kappa shape index (κ3) is 3.51. The van der Waals surface area contributed by atoms with Crippen LogP contribution in [-0.4, -0.2) is 35.1 Å². The van der Waals surface area contributed by atoms with Crippen molar-refractivity contribution in [2.45, 2.75) is 31.6 Å². The van der Waals surface area contributed by atoms with Gasteiger partial charge in [-0.2, -0.15) is 18.3 Å². The third-order valence-electron chi connectivity index (χ3n) is 3.09. The molecule has 1 aromatic rings. The molecule has 0 spiro atoms. The van der Waals surface area contributed by atoms with E-state index in [1.807, 2.05) is 4.90 Å². The predicted molar refractivity (Wildman–Crippen MR) is 71.7 cm³/mol. The van der Waals surface area contributed by atoms with Crippen molar-refractivity contribution >= 4 is 21.6 Å². The van der Waals surface area contributed by atoms with E-state index in [4.69, 9.17) is 5.73 Å². The second-order valence-corrected chi connectivity index (χ2v) is 5.56. The molecule has 9 heteroatoms. The van der Waals surface area contributed by atoms with Gasteiger partial charge in [-0.3, -0.25) is 4.79 Å². The Balaban J connectivity index is 2.29. The Kier molecular flexibility index (Phi) is 4.38. The molecule has 1 atom stereocenters. The molecule has 1 aromatic heterocycles. The minimum Gasteiger partial charge on any atom is -0.368 e. The van der Waals surface area contributed by atoms with Crippen LogP contribution >= 0.6 is 15.9 Å². The second-order valence-electron chi connectivity index (χ2n) is 4.77. The molecular formula is C11H14BrF3N4O. The molecule has 5 nitrogen and oxygen atoms in total. The van der Waals surface area contributed by atoms with Gasteiger partial charge in [0, 0.05) is 19.1 Å². The van der Waals surface area contributed by atoms with Gasteiger partial charge in [-0.15, -0.1) is 0 Å². The van der Waals surface area contributed by atoms with Crippen molar-refractivity contribution in [3.8, 4) is 0 Å². The van der Waals surface area contributed by atoms with E-state index < -0.39 is 18.3 Å². The number of piperidine rings is 1. The minimum atomic E-state index is -4.48. The second kappa shape index (κ2) is 5.72. The van der Waals surface area contributed by atoms with Gasteiger partial charge in [0.2, 0.25) is 0 Å². The van der Waals surface area contributed by atoms with Gasteiger partial charge in [0.05, 0.1) is 11.9 Å². The Morgan fingerprint density at radius 2 is 2.20 bits per heavy atom. The number of rotatable bonds is 2. The summed E-state index contributed by atoms with van der Waals surface area (Å²) in [5, 5.41) is 3.60. The minimum absolute atomic E-state index is 0.00624. The molecule has 1 fully saturated rings. The van der Waals surface area contributed by atoms with Crippen molar-refractivity contribution in [2.24, 2.45) is 5.73 Å². The van der Waals surface area contributed by atoms with Gasteiger partial charge in [-0.05, 0) is 28.8 Å². The molecular weight excluding hydrogens is 341 g/mol. The highest BCUT2D eigenvalue weighted by Crippen LogP contribution is 2.25. The van der Waals surface area contributed by atoms with Crippen LogP contribution in [0.25, 0.3) is 0 Å². The fraction of sp³-hybridized carbons (Fsp3) is 0.636. The number of hydrogen-bond donors (Lipinski definition) is 1. The van der Waals surface area contributed by atoms with E-state index in [2.05, 4.69) is 21.0 Å². The van der Waals surface area contributed by atoms with E-state index in [1.165, 1.54) is 6.20 Å². The summed E-state index contributed by atoms with van der Waals surface area (Å²) in [4.78, 5) is 13.8. The molecule has 0 unspecified atom stereocenters. The zero-order valence-electron chi connectivity index (χ0n) is 10.5. The van der Waals surface area contributed by atoms with E-state index in [9.17, 15) is 18.0 Å². The van der Waals surface area contributed by atoms with Crippen LogP contribution < -0.4 is 16.2 Å². The van der Waals surface area contributed by atoms with Gasteiger partial charge in [-0.25, -0.2) is 4.68 Å². The molecule has 0 amide bonds. The average molecular weight is 355 g/mol.